The van der Waals surface area contributed by atoms with Crippen molar-refractivity contribution in [2.45, 2.75) is 36.3 Å². The number of methoxy groups -OCH3 is 1. The van der Waals surface area contributed by atoms with Gasteiger partial charge in [-0.1, -0.05) is 109 Å². The number of aliphatic hydroxyl groups excluding tert-OH is 1. The van der Waals surface area contributed by atoms with Crippen LogP contribution in [0.1, 0.15) is 27.0 Å². The highest BCUT2D eigenvalue weighted by Crippen LogP contribution is 2.41. The molecule has 8 nitrogen and oxygen atoms in total. The zero-order chi connectivity index (χ0) is 29.4. The second-order valence-corrected chi connectivity index (χ2v) is 9.79. The summed E-state index contributed by atoms with van der Waals surface area (Å²) in [7, 11) is 1.38. The fourth-order valence-corrected chi connectivity index (χ4v) is 5.30. The summed E-state index contributed by atoms with van der Waals surface area (Å²) in [6, 6.07) is 37.6. The minimum Gasteiger partial charge on any atom is -0.458 e. The molecule has 0 bridgehead atoms. The van der Waals surface area contributed by atoms with Crippen molar-refractivity contribution in [3.63, 3.8) is 0 Å². The number of aliphatic hydroxyl groups is 1. The Labute approximate surface area is 244 Å². The van der Waals surface area contributed by atoms with Gasteiger partial charge in [0.1, 0.15) is 17.8 Å². The van der Waals surface area contributed by atoms with E-state index < -0.39 is 42.3 Å². The maximum atomic E-state index is 12.9. The van der Waals surface area contributed by atoms with Gasteiger partial charge in [-0.3, -0.25) is 4.79 Å². The molecule has 1 N–H and O–H groups in total. The Balaban J connectivity index is 1.47. The first kappa shape index (κ1) is 29.2. The smallest absolute Gasteiger partial charge is 0.338 e. The summed E-state index contributed by atoms with van der Waals surface area (Å²) in [5, 5.41) is 11.4. The molecule has 42 heavy (non-hydrogen) atoms. The number of rotatable bonds is 11. The molecule has 0 aliphatic carbocycles. The first-order chi connectivity index (χ1) is 20.6. The lowest BCUT2D eigenvalue weighted by molar-refractivity contribution is -0.298. The van der Waals surface area contributed by atoms with Crippen LogP contribution in [0.2, 0.25) is 0 Å². The van der Waals surface area contributed by atoms with E-state index in [-0.39, 0.29) is 18.6 Å². The van der Waals surface area contributed by atoms with Gasteiger partial charge in [-0.2, -0.15) is 0 Å². The van der Waals surface area contributed by atoms with Crippen LogP contribution in [0.3, 0.4) is 0 Å². The summed E-state index contributed by atoms with van der Waals surface area (Å²) >= 11 is 0. The van der Waals surface area contributed by atoms with Gasteiger partial charge >= 0.3 is 5.97 Å². The highest BCUT2D eigenvalue weighted by atomic mass is 16.7. The molecular formula is C34H32O8. The summed E-state index contributed by atoms with van der Waals surface area (Å²) in [4.78, 5) is 24.4. The molecule has 0 unspecified atom stereocenters. The van der Waals surface area contributed by atoms with Crippen LogP contribution in [0.15, 0.2) is 121 Å². The average molecular weight is 569 g/mol. The molecular weight excluding hydrogens is 536 g/mol. The lowest BCUT2D eigenvalue weighted by Crippen LogP contribution is -2.61. The lowest BCUT2D eigenvalue weighted by Gasteiger charge is -2.44. The van der Waals surface area contributed by atoms with Crippen LogP contribution in [0.5, 0.6) is 0 Å². The van der Waals surface area contributed by atoms with Crippen LogP contribution in [0, 0.1) is 0 Å². The molecule has 0 saturated carbocycles. The molecule has 0 spiro atoms. The number of carbonyl (C=O) groups is 2. The standard InChI is InChI=1S/C34H32O8/c1-38-33-31(42-32(37)24-14-6-2-7-15-24)30(39-23-35)29(36)28(41-33)22-40-34(25-16-8-3-9-17-25,26-18-10-4-11-19-26)27-20-12-5-13-21-27/h2-21,23,28-31,33,36H,22H2,1H3/t28-,29-,30+,31-,33+/m1/s1. The van der Waals surface area contributed by atoms with Crippen molar-refractivity contribution in [3.8, 4) is 0 Å². The van der Waals surface area contributed by atoms with E-state index in [4.69, 9.17) is 23.7 Å². The molecule has 5 rings (SSSR count). The fraction of sp³-hybridized carbons (Fsp3) is 0.235. The summed E-state index contributed by atoms with van der Waals surface area (Å²) in [5.41, 5.74) is 1.81. The summed E-state index contributed by atoms with van der Waals surface area (Å²) in [6.45, 7) is 0.0766. The van der Waals surface area contributed by atoms with Crippen molar-refractivity contribution in [1.29, 1.82) is 0 Å². The summed E-state index contributed by atoms with van der Waals surface area (Å²) < 4.78 is 29.4. The van der Waals surface area contributed by atoms with Crippen molar-refractivity contribution in [2.75, 3.05) is 13.7 Å². The maximum Gasteiger partial charge on any atom is 0.338 e. The Bertz CT molecular complexity index is 1320. The maximum absolute atomic E-state index is 12.9. The molecule has 1 aliphatic rings. The van der Waals surface area contributed by atoms with Gasteiger partial charge in [0.2, 0.25) is 0 Å². The molecule has 1 fully saturated rings. The predicted molar refractivity (Wildman–Crippen MR) is 153 cm³/mol. The monoisotopic (exact) mass is 568 g/mol. The van der Waals surface area contributed by atoms with Crippen LogP contribution in [-0.2, 0) is 34.1 Å². The van der Waals surface area contributed by atoms with Crippen molar-refractivity contribution >= 4 is 12.4 Å². The van der Waals surface area contributed by atoms with E-state index in [0.717, 1.165) is 16.7 Å². The molecule has 1 aliphatic heterocycles. The Morgan fingerprint density at radius 3 is 1.71 bits per heavy atom. The number of esters is 1. The lowest BCUT2D eigenvalue weighted by atomic mass is 9.80. The van der Waals surface area contributed by atoms with E-state index in [1.165, 1.54) is 7.11 Å². The topological polar surface area (TPSA) is 101 Å². The number of hydrogen-bond acceptors (Lipinski definition) is 8. The molecule has 1 saturated heterocycles. The fourth-order valence-electron chi connectivity index (χ4n) is 5.30. The number of benzene rings is 4. The van der Waals surface area contributed by atoms with E-state index in [0.29, 0.717) is 0 Å². The minimum atomic E-state index is -1.41. The van der Waals surface area contributed by atoms with E-state index in [2.05, 4.69) is 0 Å². The van der Waals surface area contributed by atoms with Gasteiger partial charge in [-0.05, 0) is 28.8 Å². The number of ether oxygens (including phenoxy) is 5. The third-order valence-corrected chi connectivity index (χ3v) is 7.32. The Kier molecular flexibility index (Phi) is 9.41. The quantitative estimate of drug-likeness (QED) is 0.161. The largest absolute Gasteiger partial charge is 0.458 e. The highest BCUT2D eigenvalue weighted by Gasteiger charge is 2.50. The summed E-state index contributed by atoms with van der Waals surface area (Å²) in [5.74, 6) is -0.677. The Hall–Kier alpha value is -4.34. The predicted octanol–water partition coefficient (Wildman–Crippen LogP) is 4.49. The van der Waals surface area contributed by atoms with E-state index in [9.17, 15) is 14.7 Å². The molecule has 216 valence electrons. The van der Waals surface area contributed by atoms with Crippen LogP contribution < -0.4 is 0 Å². The number of hydrogen-bond donors (Lipinski definition) is 1. The summed E-state index contributed by atoms with van der Waals surface area (Å²) in [6.07, 6.45) is -6.08. The molecule has 1 heterocycles. The zero-order valence-corrected chi connectivity index (χ0v) is 23.0. The second kappa shape index (κ2) is 13.5. The molecule has 8 heteroatoms. The Morgan fingerprint density at radius 1 is 0.786 bits per heavy atom. The number of carbonyl (C=O) groups excluding carboxylic acids is 2. The third-order valence-electron chi connectivity index (χ3n) is 7.32. The van der Waals surface area contributed by atoms with Gasteiger partial charge in [-0.25, -0.2) is 4.79 Å². The van der Waals surface area contributed by atoms with Gasteiger partial charge in [0.15, 0.2) is 18.5 Å². The van der Waals surface area contributed by atoms with E-state index >= 15 is 0 Å². The van der Waals surface area contributed by atoms with Gasteiger partial charge in [-0.15, -0.1) is 0 Å². The normalized spacial score (nSPS) is 22.2. The molecule has 0 radical (unpaired) electrons. The molecule has 0 amide bonds. The third kappa shape index (κ3) is 5.98. The van der Waals surface area contributed by atoms with Crippen LogP contribution in [0.4, 0.5) is 0 Å². The van der Waals surface area contributed by atoms with Crippen molar-refractivity contribution < 1.29 is 38.4 Å². The van der Waals surface area contributed by atoms with Gasteiger partial charge in [0.25, 0.3) is 6.47 Å². The SMILES string of the molecule is CO[C@H]1O[C@H](COC(c2ccccc2)(c2ccccc2)c2ccccc2)[C@@H](O)[C@H](OC=O)[C@H]1OC(=O)c1ccccc1. The van der Waals surface area contributed by atoms with Crippen LogP contribution >= 0.6 is 0 Å². The average Bonchev–Trinajstić information content (AvgIpc) is 3.05. The first-order valence-electron chi connectivity index (χ1n) is 13.6. The molecule has 5 atom stereocenters. The van der Waals surface area contributed by atoms with Crippen molar-refractivity contribution in [3.05, 3.63) is 144 Å². The minimum absolute atomic E-state index is 0.127. The first-order valence-corrected chi connectivity index (χ1v) is 13.6. The van der Waals surface area contributed by atoms with Gasteiger partial charge in [0.05, 0.1) is 12.2 Å². The Morgan fingerprint density at radius 2 is 1.26 bits per heavy atom. The van der Waals surface area contributed by atoms with Crippen LogP contribution in [-0.4, -0.2) is 62.0 Å². The van der Waals surface area contributed by atoms with E-state index in [1.54, 1.807) is 30.3 Å². The second-order valence-electron chi connectivity index (χ2n) is 9.79. The van der Waals surface area contributed by atoms with Crippen molar-refractivity contribution in [1.82, 2.24) is 0 Å². The van der Waals surface area contributed by atoms with Crippen molar-refractivity contribution in [2.24, 2.45) is 0 Å². The van der Waals surface area contributed by atoms with Gasteiger partial charge < -0.3 is 28.8 Å². The zero-order valence-electron chi connectivity index (χ0n) is 23.0. The van der Waals surface area contributed by atoms with Crippen LogP contribution in [0.25, 0.3) is 0 Å². The van der Waals surface area contributed by atoms with Gasteiger partial charge in [0, 0.05) is 7.11 Å². The van der Waals surface area contributed by atoms with E-state index in [1.807, 2.05) is 91.0 Å². The highest BCUT2D eigenvalue weighted by molar-refractivity contribution is 5.89. The molecule has 0 aromatic heterocycles. The molecule has 4 aromatic carbocycles. The molecule has 4 aromatic rings.